The molecule has 1 aliphatic rings. The summed E-state index contributed by atoms with van der Waals surface area (Å²) < 4.78 is 28.3. The normalized spacial score (nSPS) is 15.6. The van der Waals surface area contributed by atoms with Crippen LogP contribution >= 0.6 is 0 Å². The van der Waals surface area contributed by atoms with Crippen LogP contribution in [0, 0.1) is 11.7 Å². The summed E-state index contributed by atoms with van der Waals surface area (Å²) in [5.74, 6) is -0.0402. The van der Waals surface area contributed by atoms with E-state index in [1.807, 2.05) is 56.0 Å². The molecule has 4 rings (SSSR count). The van der Waals surface area contributed by atoms with Gasteiger partial charge in [0.1, 0.15) is 0 Å². The Morgan fingerprint density at radius 3 is 2.59 bits per heavy atom. The van der Waals surface area contributed by atoms with E-state index in [9.17, 15) is 9.18 Å². The summed E-state index contributed by atoms with van der Waals surface area (Å²) in [6, 6.07) is 15.9. The van der Waals surface area contributed by atoms with E-state index in [1.54, 1.807) is 22.9 Å². The van der Waals surface area contributed by atoms with Gasteiger partial charge in [-0.1, -0.05) is 51.1 Å². The zero-order valence-electron chi connectivity index (χ0n) is 20.0. The molecule has 7 heteroatoms. The molecule has 2 aromatic carbocycles. The molecule has 0 N–H and O–H groups in total. The average Bonchev–Trinajstić information content (AvgIpc) is 3.48. The largest absolute Gasteiger partial charge is 0.435 e. The third-order valence-electron chi connectivity index (χ3n) is 6.00. The van der Waals surface area contributed by atoms with E-state index in [0.717, 1.165) is 36.4 Å². The van der Waals surface area contributed by atoms with Crippen molar-refractivity contribution in [2.75, 3.05) is 13.2 Å². The quantitative estimate of drug-likeness (QED) is 0.417. The second-order valence-electron chi connectivity index (χ2n) is 8.87. The summed E-state index contributed by atoms with van der Waals surface area (Å²) in [5.41, 5.74) is 2.39. The van der Waals surface area contributed by atoms with Gasteiger partial charge in [-0.15, -0.1) is 0 Å². The molecule has 180 valence electrons. The highest BCUT2D eigenvalue weighted by Crippen LogP contribution is 2.33. The van der Waals surface area contributed by atoms with Gasteiger partial charge in [-0.3, -0.25) is 4.79 Å². The van der Waals surface area contributed by atoms with Crippen LogP contribution in [0.5, 0.6) is 11.6 Å². The number of halogens is 1. The lowest BCUT2D eigenvalue weighted by Crippen LogP contribution is -2.39. The molecule has 0 bridgehead atoms. The Hall–Kier alpha value is -3.19. The van der Waals surface area contributed by atoms with Crippen molar-refractivity contribution in [3.05, 3.63) is 71.7 Å². The molecule has 6 nitrogen and oxygen atoms in total. The Kier molecular flexibility index (Phi) is 7.63. The lowest BCUT2D eigenvalue weighted by Gasteiger charge is -2.27. The van der Waals surface area contributed by atoms with Crippen LogP contribution in [0.15, 0.2) is 54.6 Å². The van der Waals surface area contributed by atoms with Crippen molar-refractivity contribution in [3.8, 4) is 17.3 Å². The molecule has 0 spiro atoms. The third-order valence-corrected chi connectivity index (χ3v) is 6.00. The molecule has 1 atom stereocenters. The van der Waals surface area contributed by atoms with Crippen molar-refractivity contribution in [2.24, 2.45) is 5.92 Å². The molecular weight excluding hydrogens is 433 g/mol. The fourth-order valence-corrected chi connectivity index (χ4v) is 4.22. The fraction of sp³-hybridized carbons (Fsp3) is 0.407. The van der Waals surface area contributed by atoms with E-state index in [4.69, 9.17) is 14.6 Å². The van der Waals surface area contributed by atoms with Gasteiger partial charge < -0.3 is 14.4 Å². The Morgan fingerprint density at radius 1 is 1.21 bits per heavy atom. The molecule has 1 saturated heterocycles. The lowest BCUT2D eigenvalue weighted by atomic mass is 10.1. The second kappa shape index (κ2) is 10.8. The first-order valence-corrected chi connectivity index (χ1v) is 12.0. The van der Waals surface area contributed by atoms with Gasteiger partial charge in [0.2, 0.25) is 11.8 Å². The summed E-state index contributed by atoms with van der Waals surface area (Å²) in [4.78, 5) is 15.0. The van der Waals surface area contributed by atoms with Crippen LogP contribution in [-0.4, -0.2) is 39.8 Å². The van der Waals surface area contributed by atoms with E-state index in [2.05, 4.69) is 0 Å². The van der Waals surface area contributed by atoms with E-state index < -0.39 is 5.82 Å². The Bertz CT molecular complexity index is 1110. The van der Waals surface area contributed by atoms with Crippen LogP contribution in [0.2, 0.25) is 0 Å². The fourth-order valence-electron chi connectivity index (χ4n) is 4.22. The smallest absolute Gasteiger partial charge is 0.228 e. The minimum atomic E-state index is -0.457. The zero-order valence-corrected chi connectivity index (χ0v) is 20.0. The molecule has 1 fully saturated rings. The van der Waals surface area contributed by atoms with Crippen LogP contribution < -0.4 is 4.74 Å². The van der Waals surface area contributed by atoms with E-state index in [0.29, 0.717) is 25.4 Å². The maximum Gasteiger partial charge on any atom is 0.228 e. The van der Waals surface area contributed by atoms with E-state index in [1.165, 1.54) is 6.07 Å². The van der Waals surface area contributed by atoms with Crippen LogP contribution in [0.3, 0.4) is 0 Å². The number of aromatic nitrogens is 2. The molecule has 0 saturated carbocycles. The number of benzene rings is 2. The van der Waals surface area contributed by atoms with Crippen LogP contribution in [0.1, 0.15) is 44.9 Å². The average molecular weight is 466 g/mol. The summed E-state index contributed by atoms with van der Waals surface area (Å²) in [6.07, 6.45) is 2.60. The highest BCUT2D eigenvalue weighted by molar-refractivity contribution is 5.78. The minimum absolute atomic E-state index is 0.0212. The van der Waals surface area contributed by atoms with Crippen LogP contribution in [0.4, 0.5) is 4.39 Å². The highest BCUT2D eigenvalue weighted by Gasteiger charge is 2.29. The molecule has 0 unspecified atom stereocenters. The van der Waals surface area contributed by atoms with Gasteiger partial charge >= 0.3 is 0 Å². The first-order valence-electron chi connectivity index (χ1n) is 12.0. The lowest BCUT2D eigenvalue weighted by molar-refractivity contribution is -0.136. The van der Waals surface area contributed by atoms with Gasteiger partial charge in [0.15, 0.2) is 11.6 Å². The molecule has 2 heterocycles. The number of hydrogen-bond donors (Lipinski definition) is 0. The van der Waals surface area contributed by atoms with E-state index >= 15 is 0 Å². The van der Waals surface area contributed by atoms with Crippen LogP contribution in [-0.2, 0) is 22.5 Å². The maximum absolute atomic E-state index is 14.6. The number of para-hydroxylation sites is 2. The van der Waals surface area contributed by atoms with Gasteiger partial charge in [-0.2, -0.15) is 5.10 Å². The summed E-state index contributed by atoms with van der Waals surface area (Å²) in [5, 5.41) is 4.81. The molecule has 34 heavy (non-hydrogen) atoms. The summed E-state index contributed by atoms with van der Waals surface area (Å²) >= 11 is 0. The van der Waals surface area contributed by atoms with Gasteiger partial charge in [0, 0.05) is 19.1 Å². The van der Waals surface area contributed by atoms with Crippen molar-refractivity contribution in [3.63, 3.8) is 0 Å². The SMILES string of the molecule is CCc1nn(-c2ccccc2)c(Oc2ccccc2F)c1CN(C[C@@H]1CCCO1)C(=O)C(C)C. The predicted molar refractivity (Wildman–Crippen MR) is 129 cm³/mol. The highest BCUT2D eigenvalue weighted by atomic mass is 19.1. The second-order valence-corrected chi connectivity index (χ2v) is 8.87. The summed E-state index contributed by atoms with van der Waals surface area (Å²) in [7, 11) is 0. The first-order chi connectivity index (χ1) is 16.5. The van der Waals surface area contributed by atoms with Crippen molar-refractivity contribution < 1.29 is 18.7 Å². The first kappa shape index (κ1) is 24.0. The predicted octanol–water partition coefficient (Wildman–Crippen LogP) is 5.53. The van der Waals surface area contributed by atoms with Crippen molar-refractivity contribution in [2.45, 2.75) is 52.7 Å². The number of ether oxygens (including phenoxy) is 2. The summed E-state index contributed by atoms with van der Waals surface area (Å²) in [6.45, 7) is 7.36. The van der Waals surface area contributed by atoms with Gasteiger partial charge in [-0.05, 0) is 43.5 Å². The number of amides is 1. The number of rotatable bonds is 9. The van der Waals surface area contributed by atoms with Crippen LogP contribution in [0.25, 0.3) is 5.69 Å². The molecule has 0 radical (unpaired) electrons. The van der Waals surface area contributed by atoms with Crippen molar-refractivity contribution in [1.82, 2.24) is 14.7 Å². The Labute approximate surface area is 200 Å². The molecule has 0 aliphatic carbocycles. The molecule has 1 aliphatic heterocycles. The number of nitrogens with zero attached hydrogens (tertiary/aromatic N) is 3. The van der Waals surface area contributed by atoms with E-state index in [-0.39, 0.29) is 23.7 Å². The number of carbonyl (C=O) groups excluding carboxylic acids is 1. The maximum atomic E-state index is 14.6. The Balaban J connectivity index is 1.78. The van der Waals surface area contributed by atoms with Gasteiger partial charge in [0.05, 0.1) is 29.6 Å². The van der Waals surface area contributed by atoms with Crippen molar-refractivity contribution >= 4 is 5.91 Å². The molecule has 1 amide bonds. The molecular formula is C27H32FN3O3. The number of carbonyl (C=O) groups is 1. The number of aryl methyl sites for hydroxylation is 1. The molecule has 3 aromatic rings. The standard InChI is InChI=1S/C27H32FN3O3/c1-4-24-22(18-30(26(32)19(2)3)17-21-13-10-16-33-21)27(34-25-15-9-8-14-23(25)28)31(29-24)20-11-6-5-7-12-20/h5-9,11-12,14-15,19,21H,4,10,13,16-18H2,1-3H3/t21-/m0/s1. The zero-order chi connectivity index (χ0) is 24.1. The molecule has 1 aromatic heterocycles. The van der Waals surface area contributed by atoms with Gasteiger partial charge in [0.25, 0.3) is 0 Å². The van der Waals surface area contributed by atoms with Gasteiger partial charge in [-0.25, -0.2) is 9.07 Å². The minimum Gasteiger partial charge on any atom is -0.435 e. The number of hydrogen-bond acceptors (Lipinski definition) is 4. The monoisotopic (exact) mass is 465 g/mol. The Morgan fingerprint density at radius 2 is 1.94 bits per heavy atom. The third kappa shape index (κ3) is 5.30. The topological polar surface area (TPSA) is 56.6 Å². The van der Waals surface area contributed by atoms with Crippen molar-refractivity contribution in [1.29, 1.82) is 0 Å².